The fourth-order valence-corrected chi connectivity index (χ4v) is 3.38. The molecule has 1 aromatic rings. The van der Waals surface area contributed by atoms with Gasteiger partial charge in [0.1, 0.15) is 6.04 Å². The quantitative estimate of drug-likeness (QED) is 0.784. The number of hydrogen-bond acceptors (Lipinski definition) is 5. The molecule has 1 heterocycles. The van der Waals surface area contributed by atoms with E-state index in [0.717, 1.165) is 5.56 Å². The number of carboxylic acids is 1. The van der Waals surface area contributed by atoms with Gasteiger partial charge in [0.15, 0.2) is 11.5 Å². The summed E-state index contributed by atoms with van der Waals surface area (Å²) in [5.74, 6) is 0.0651. The van der Waals surface area contributed by atoms with Gasteiger partial charge in [-0.1, -0.05) is 0 Å². The topological polar surface area (TPSA) is 78.8 Å². The molecule has 3 N–H and O–H groups in total. The first kappa shape index (κ1) is 13.5. The van der Waals surface area contributed by atoms with E-state index in [1.54, 1.807) is 12.1 Å². The third kappa shape index (κ3) is 2.57. The molecule has 0 saturated carbocycles. The highest BCUT2D eigenvalue weighted by atomic mass is 79.9. The van der Waals surface area contributed by atoms with Crippen LogP contribution in [0.25, 0.3) is 0 Å². The molecular formula is C11H12BrNO4S. The van der Waals surface area contributed by atoms with Gasteiger partial charge in [-0.3, -0.25) is 10.1 Å². The number of rotatable bonds is 3. The predicted molar refractivity (Wildman–Crippen MR) is 72.1 cm³/mol. The number of phenols is 1. The van der Waals surface area contributed by atoms with Gasteiger partial charge in [-0.25, -0.2) is 0 Å². The van der Waals surface area contributed by atoms with Crippen molar-refractivity contribution in [2.24, 2.45) is 0 Å². The van der Waals surface area contributed by atoms with E-state index in [4.69, 9.17) is 9.84 Å². The molecule has 0 unspecified atom stereocenters. The zero-order valence-electron chi connectivity index (χ0n) is 9.51. The summed E-state index contributed by atoms with van der Waals surface area (Å²) in [6.45, 7) is 0. The number of ether oxygens (including phenoxy) is 1. The molecule has 0 aliphatic carbocycles. The van der Waals surface area contributed by atoms with Crippen LogP contribution in [-0.4, -0.2) is 35.1 Å². The van der Waals surface area contributed by atoms with Crippen LogP contribution < -0.4 is 10.1 Å². The summed E-state index contributed by atoms with van der Waals surface area (Å²) in [5, 5.41) is 21.5. The van der Waals surface area contributed by atoms with Crippen LogP contribution in [0.3, 0.4) is 0 Å². The lowest BCUT2D eigenvalue weighted by atomic mass is 10.2. The Hall–Kier alpha value is -0.920. The van der Waals surface area contributed by atoms with Gasteiger partial charge in [-0.15, -0.1) is 11.8 Å². The summed E-state index contributed by atoms with van der Waals surface area (Å²) in [7, 11) is 1.47. The number of carboxylic acid groups (broad SMARTS) is 1. The molecule has 1 fully saturated rings. The molecule has 1 saturated heterocycles. The molecule has 2 rings (SSSR count). The maximum atomic E-state index is 10.9. The largest absolute Gasteiger partial charge is 0.503 e. The van der Waals surface area contributed by atoms with E-state index < -0.39 is 12.0 Å². The molecule has 0 aromatic heterocycles. The Morgan fingerprint density at radius 1 is 1.61 bits per heavy atom. The highest BCUT2D eigenvalue weighted by Crippen LogP contribution is 2.41. The van der Waals surface area contributed by atoms with Crippen molar-refractivity contribution in [1.82, 2.24) is 5.32 Å². The van der Waals surface area contributed by atoms with Crippen molar-refractivity contribution in [3.63, 3.8) is 0 Å². The molecule has 7 heteroatoms. The van der Waals surface area contributed by atoms with Crippen molar-refractivity contribution in [2.45, 2.75) is 11.4 Å². The predicted octanol–water partition coefficient (Wildman–Crippen LogP) is 1.95. The fraction of sp³-hybridized carbons (Fsp3) is 0.364. The maximum Gasteiger partial charge on any atom is 0.321 e. The lowest BCUT2D eigenvalue weighted by Crippen LogP contribution is -2.33. The van der Waals surface area contributed by atoms with E-state index in [1.807, 2.05) is 0 Å². The van der Waals surface area contributed by atoms with Crippen molar-refractivity contribution in [1.29, 1.82) is 0 Å². The van der Waals surface area contributed by atoms with E-state index in [1.165, 1.54) is 18.9 Å². The number of halogens is 1. The van der Waals surface area contributed by atoms with Crippen LogP contribution in [0.4, 0.5) is 0 Å². The molecule has 0 spiro atoms. The van der Waals surface area contributed by atoms with Crippen molar-refractivity contribution in [2.75, 3.05) is 12.9 Å². The van der Waals surface area contributed by atoms with E-state index in [9.17, 15) is 9.90 Å². The first-order valence-corrected chi connectivity index (χ1v) is 7.04. The number of methoxy groups -OCH3 is 1. The van der Waals surface area contributed by atoms with Crippen LogP contribution in [0.2, 0.25) is 0 Å². The zero-order chi connectivity index (χ0) is 13.3. The Labute approximate surface area is 117 Å². The minimum Gasteiger partial charge on any atom is -0.503 e. The number of hydrogen-bond donors (Lipinski definition) is 3. The summed E-state index contributed by atoms with van der Waals surface area (Å²) in [5.41, 5.74) is 0.866. The Kier molecular flexibility index (Phi) is 4.04. The average Bonchev–Trinajstić information content (AvgIpc) is 2.82. The summed E-state index contributed by atoms with van der Waals surface area (Å²) >= 11 is 4.76. The molecule has 2 atom stereocenters. The Bertz CT molecular complexity index is 482. The number of aromatic hydroxyl groups is 1. The average molecular weight is 334 g/mol. The Morgan fingerprint density at radius 3 is 2.89 bits per heavy atom. The molecule has 5 nitrogen and oxygen atoms in total. The molecule has 1 aliphatic rings. The van der Waals surface area contributed by atoms with Gasteiger partial charge in [-0.2, -0.15) is 0 Å². The molecule has 0 bridgehead atoms. The van der Waals surface area contributed by atoms with Crippen LogP contribution in [0, 0.1) is 0 Å². The van der Waals surface area contributed by atoms with Crippen LogP contribution in [0.5, 0.6) is 11.5 Å². The normalized spacial score (nSPS) is 23.0. The SMILES string of the molecule is COc1cc([C@H]2N[C@H](C(=O)O)CS2)cc(Br)c1O. The molecule has 18 heavy (non-hydrogen) atoms. The van der Waals surface area contributed by atoms with Gasteiger partial charge in [-0.05, 0) is 33.6 Å². The van der Waals surface area contributed by atoms with Crippen LogP contribution >= 0.6 is 27.7 Å². The van der Waals surface area contributed by atoms with E-state index >= 15 is 0 Å². The Morgan fingerprint density at radius 2 is 2.33 bits per heavy atom. The first-order chi connectivity index (χ1) is 8.52. The number of phenolic OH excluding ortho intramolecular Hbond substituents is 1. The van der Waals surface area contributed by atoms with Crippen molar-refractivity contribution < 1.29 is 19.7 Å². The van der Waals surface area contributed by atoms with Gasteiger partial charge in [0.2, 0.25) is 0 Å². The lowest BCUT2D eigenvalue weighted by Gasteiger charge is -2.14. The monoisotopic (exact) mass is 333 g/mol. The van der Waals surface area contributed by atoms with E-state index in [2.05, 4.69) is 21.2 Å². The number of benzene rings is 1. The summed E-state index contributed by atoms with van der Waals surface area (Å²) in [6.07, 6.45) is 0. The summed E-state index contributed by atoms with van der Waals surface area (Å²) in [6, 6.07) is 2.92. The molecule has 0 radical (unpaired) electrons. The van der Waals surface area contributed by atoms with E-state index in [0.29, 0.717) is 16.0 Å². The van der Waals surface area contributed by atoms with Gasteiger partial charge in [0.05, 0.1) is 17.0 Å². The standard InChI is InChI=1S/C11H12BrNO4S/c1-17-8-3-5(2-6(12)9(8)14)10-13-7(4-18-10)11(15)16/h2-3,7,10,13-14H,4H2,1H3,(H,15,16)/t7-,10-/m0/s1. The smallest absolute Gasteiger partial charge is 0.321 e. The van der Waals surface area contributed by atoms with Gasteiger partial charge in [0.25, 0.3) is 0 Å². The van der Waals surface area contributed by atoms with Crippen LogP contribution in [0.1, 0.15) is 10.9 Å². The Balaban J connectivity index is 2.25. The lowest BCUT2D eigenvalue weighted by molar-refractivity contribution is -0.138. The van der Waals surface area contributed by atoms with Gasteiger partial charge < -0.3 is 14.9 Å². The number of thioether (sulfide) groups is 1. The van der Waals surface area contributed by atoms with Crippen LogP contribution in [-0.2, 0) is 4.79 Å². The number of carbonyl (C=O) groups is 1. The highest BCUT2D eigenvalue weighted by molar-refractivity contribution is 9.10. The summed E-state index contributed by atoms with van der Waals surface area (Å²) < 4.78 is 5.59. The molecular weight excluding hydrogens is 322 g/mol. The summed E-state index contributed by atoms with van der Waals surface area (Å²) in [4.78, 5) is 10.9. The van der Waals surface area contributed by atoms with Gasteiger partial charge in [0, 0.05) is 5.75 Å². The fourth-order valence-electron chi connectivity index (χ4n) is 1.71. The molecule has 1 aromatic carbocycles. The molecule has 0 amide bonds. The maximum absolute atomic E-state index is 10.9. The van der Waals surface area contributed by atoms with Crippen molar-refractivity contribution >= 4 is 33.7 Å². The molecule has 98 valence electrons. The van der Waals surface area contributed by atoms with Crippen molar-refractivity contribution in [3.05, 3.63) is 22.2 Å². The second-order valence-corrected chi connectivity index (χ2v) is 5.82. The third-order valence-electron chi connectivity index (χ3n) is 2.65. The first-order valence-electron chi connectivity index (χ1n) is 5.19. The molecule has 1 aliphatic heterocycles. The highest BCUT2D eigenvalue weighted by Gasteiger charge is 2.31. The van der Waals surface area contributed by atoms with Gasteiger partial charge >= 0.3 is 5.97 Å². The zero-order valence-corrected chi connectivity index (χ0v) is 11.9. The minimum absolute atomic E-state index is 0.0408. The second kappa shape index (κ2) is 5.38. The number of nitrogens with one attached hydrogen (secondary N) is 1. The minimum atomic E-state index is -0.852. The van der Waals surface area contributed by atoms with E-state index in [-0.39, 0.29) is 11.1 Å². The number of aliphatic carboxylic acids is 1. The second-order valence-electron chi connectivity index (χ2n) is 3.82. The van der Waals surface area contributed by atoms with Crippen molar-refractivity contribution in [3.8, 4) is 11.5 Å². The van der Waals surface area contributed by atoms with Crippen LogP contribution in [0.15, 0.2) is 16.6 Å². The third-order valence-corrected chi connectivity index (χ3v) is 4.53.